The van der Waals surface area contributed by atoms with Crippen molar-refractivity contribution in [2.45, 2.75) is 12.7 Å². The van der Waals surface area contributed by atoms with Crippen molar-refractivity contribution in [3.63, 3.8) is 0 Å². The van der Waals surface area contributed by atoms with Crippen LogP contribution in [0.4, 0.5) is 0 Å². The number of hydrogen-bond donors (Lipinski definition) is 1. The van der Waals surface area contributed by atoms with Crippen LogP contribution in [0.3, 0.4) is 0 Å². The molecular weight excluding hydrogens is 228 g/mol. The fourth-order valence-corrected chi connectivity index (χ4v) is 1.96. The molecule has 1 atom stereocenters. The quantitative estimate of drug-likeness (QED) is 0.449. The van der Waals surface area contributed by atoms with E-state index in [1.54, 1.807) is 0 Å². The van der Waals surface area contributed by atoms with E-state index in [1.165, 1.54) is 12.2 Å². The Balaban J connectivity index is 2.16. The number of carbonyl (C=O) groups excluding carboxylic acids is 3. The largest absolute Gasteiger partial charge is 0.428 e. The Labute approximate surface area is 94.8 Å². The van der Waals surface area contributed by atoms with Crippen LogP contribution in [0.25, 0.3) is 0 Å². The molecule has 2 aliphatic heterocycles. The van der Waals surface area contributed by atoms with Gasteiger partial charge in [0.2, 0.25) is 6.29 Å². The molecule has 0 saturated carbocycles. The fourth-order valence-electron chi connectivity index (χ4n) is 1.96. The minimum Gasteiger partial charge on any atom is -0.428 e. The lowest BCUT2D eigenvalue weighted by atomic mass is 10.1. The molecule has 0 radical (unpaired) electrons. The standard InChI is InChI=1S/C11H6O6/c12-8-4-1-2-5-7(11(15)17-9(5)13)3-6(4)10(14)16-8/h1,3,10,14H,2H2. The summed E-state index contributed by atoms with van der Waals surface area (Å²) >= 11 is 0. The predicted octanol–water partition coefficient (Wildman–Crippen LogP) is -0.502. The molecule has 3 rings (SSSR count). The molecule has 2 heterocycles. The summed E-state index contributed by atoms with van der Waals surface area (Å²) in [6.45, 7) is 0. The Morgan fingerprint density at radius 3 is 2.71 bits per heavy atom. The van der Waals surface area contributed by atoms with Gasteiger partial charge in [-0.2, -0.15) is 0 Å². The van der Waals surface area contributed by atoms with E-state index in [4.69, 9.17) is 0 Å². The van der Waals surface area contributed by atoms with E-state index in [9.17, 15) is 19.5 Å². The Hall–Kier alpha value is -2.21. The Morgan fingerprint density at radius 2 is 1.94 bits per heavy atom. The molecule has 0 spiro atoms. The summed E-state index contributed by atoms with van der Waals surface area (Å²) in [7, 11) is 0. The number of aliphatic hydroxyl groups excluding tert-OH is 1. The second-order valence-electron chi connectivity index (χ2n) is 3.75. The highest BCUT2D eigenvalue weighted by Gasteiger charge is 2.39. The molecule has 0 aromatic carbocycles. The maximum absolute atomic E-state index is 11.4. The van der Waals surface area contributed by atoms with Gasteiger partial charge in [0.1, 0.15) is 0 Å². The summed E-state index contributed by atoms with van der Waals surface area (Å²) in [6.07, 6.45) is 1.43. The van der Waals surface area contributed by atoms with Gasteiger partial charge in [0, 0.05) is 5.57 Å². The van der Waals surface area contributed by atoms with E-state index >= 15 is 0 Å². The molecule has 1 unspecified atom stereocenters. The van der Waals surface area contributed by atoms with Gasteiger partial charge in [0.15, 0.2) is 0 Å². The number of aliphatic hydroxyl groups is 1. The van der Waals surface area contributed by atoms with Crippen molar-refractivity contribution in [1.29, 1.82) is 0 Å². The normalized spacial score (nSPS) is 26.9. The highest BCUT2D eigenvalue weighted by molar-refractivity contribution is 6.15. The molecule has 17 heavy (non-hydrogen) atoms. The second kappa shape index (κ2) is 3.14. The van der Waals surface area contributed by atoms with Gasteiger partial charge in [0.25, 0.3) is 0 Å². The highest BCUT2D eigenvalue weighted by atomic mass is 16.6. The monoisotopic (exact) mass is 234 g/mol. The van der Waals surface area contributed by atoms with Crippen LogP contribution in [0.15, 0.2) is 34.4 Å². The van der Waals surface area contributed by atoms with Crippen molar-refractivity contribution in [3.05, 3.63) is 34.4 Å². The smallest absolute Gasteiger partial charge is 0.346 e. The first-order chi connectivity index (χ1) is 8.08. The SMILES string of the molecule is O=C1OC(O)C2=CC3=C(CC=C12)C(=O)OC3=O. The number of fused-ring (bicyclic) bond motifs is 1. The predicted molar refractivity (Wildman–Crippen MR) is 51.0 cm³/mol. The average molecular weight is 234 g/mol. The first-order valence-electron chi connectivity index (χ1n) is 4.89. The molecule has 0 amide bonds. The van der Waals surface area contributed by atoms with Gasteiger partial charge in [-0.25, -0.2) is 14.4 Å². The van der Waals surface area contributed by atoms with Crippen LogP contribution in [0.2, 0.25) is 0 Å². The molecule has 86 valence electrons. The summed E-state index contributed by atoms with van der Waals surface area (Å²) in [5, 5.41) is 9.48. The third-order valence-electron chi connectivity index (χ3n) is 2.80. The summed E-state index contributed by atoms with van der Waals surface area (Å²) in [4.78, 5) is 34.0. The van der Waals surface area contributed by atoms with Crippen molar-refractivity contribution in [1.82, 2.24) is 0 Å². The molecule has 1 saturated heterocycles. The third-order valence-corrected chi connectivity index (χ3v) is 2.80. The minimum atomic E-state index is -1.40. The van der Waals surface area contributed by atoms with Crippen molar-refractivity contribution in [3.8, 4) is 0 Å². The molecule has 1 N–H and O–H groups in total. The zero-order valence-corrected chi connectivity index (χ0v) is 8.43. The van der Waals surface area contributed by atoms with Crippen molar-refractivity contribution < 1.29 is 29.0 Å². The van der Waals surface area contributed by atoms with Crippen LogP contribution >= 0.6 is 0 Å². The Bertz CT molecular complexity index is 563. The van der Waals surface area contributed by atoms with Gasteiger partial charge in [-0.1, -0.05) is 6.08 Å². The molecule has 1 aliphatic carbocycles. The Morgan fingerprint density at radius 1 is 1.18 bits per heavy atom. The number of hydrogen-bond acceptors (Lipinski definition) is 6. The van der Waals surface area contributed by atoms with E-state index in [1.807, 2.05) is 0 Å². The van der Waals surface area contributed by atoms with Crippen molar-refractivity contribution >= 4 is 17.9 Å². The summed E-state index contributed by atoms with van der Waals surface area (Å²) < 4.78 is 9.04. The number of allylic oxidation sites excluding steroid dienone is 1. The lowest BCUT2D eigenvalue weighted by Crippen LogP contribution is -2.07. The number of esters is 3. The lowest BCUT2D eigenvalue weighted by Gasteiger charge is -2.00. The first kappa shape index (κ1) is 9.98. The first-order valence-corrected chi connectivity index (χ1v) is 4.89. The molecule has 6 nitrogen and oxygen atoms in total. The number of carbonyl (C=O) groups is 3. The van der Waals surface area contributed by atoms with E-state index in [2.05, 4.69) is 9.47 Å². The molecule has 3 aliphatic rings. The van der Waals surface area contributed by atoms with Crippen molar-refractivity contribution in [2.75, 3.05) is 0 Å². The van der Waals surface area contributed by atoms with Crippen LogP contribution in [0, 0.1) is 0 Å². The summed E-state index contributed by atoms with van der Waals surface area (Å²) in [5.41, 5.74) is 0.650. The summed E-state index contributed by atoms with van der Waals surface area (Å²) in [5.74, 6) is -2.13. The topological polar surface area (TPSA) is 89.9 Å². The zero-order valence-electron chi connectivity index (χ0n) is 8.43. The van der Waals surface area contributed by atoms with Crippen LogP contribution in [-0.4, -0.2) is 29.3 Å². The molecule has 6 heteroatoms. The van der Waals surface area contributed by atoms with Crippen LogP contribution in [-0.2, 0) is 23.9 Å². The molecule has 1 fully saturated rings. The second-order valence-corrected chi connectivity index (χ2v) is 3.75. The van der Waals surface area contributed by atoms with Crippen LogP contribution in [0.5, 0.6) is 0 Å². The third kappa shape index (κ3) is 1.27. The van der Waals surface area contributed by atoms with Gasteiger partial charge in [-0.15, -0.1) is 0 Å². The lowest BCUT2D eigenvalue weighted by molar-refractivity contribution is -0.151. The van der Waals surface area contributed by atoms with E-state index in [0.29, 0.717) is 0 Å². The summed E-state index contributed by atoms with van der Waals surface area (Å²) in [6, 6.07) is 0. The highest BCUT2D eigenvalue weighted by Crippen LogP contribution is 2.34. The number of ether oxygens (including phenoxy) is 2. The maximum Gasteiger partial charge on any atom is 0.346 e. The molecule has 0 aromatic heterocycles. The van der Waals surface area contributed by atoms with Gasteiger partial charge >= 0.3 is 17.9 Å². The van der Waals surface area contributed by atoms with Crippen molar-refractivity contribution in [2.24, 2.45) is 0 Å². The average Bonchev–Trinajstić information content (AvgIpc) is 2.59. The van der Waals surface area contributed by atoms with Gasteiger partial charge in [-0.05, 0) is 12.5 Å². The van der Waals surface area contributed by atoms with E-state index in [0.717, 1.165) is 0 Å². The van der Waals surface area contributed by atoms with Crippen LogP contribution in [0.1, 0.15) is 6.42 Å². The molecule has 0 bridgehead atoms. The van der Waals surface area contributed by atoms with Crippen LogP contribution < -0.4 is 0 Å². The fraction of sp³-hybridized carbons (Fsp3) is 0.182. The number of rotatable bonds is 0. The Kier molecular flexibility index (Phi) is 1.84. The van der Waals surface area contributed by atoms with Gasteiger partial charge in [0.05, 0.1) is 16.7 Å². The number of cyclic esters (lactones) is 3. The van der Waals surface area contributed by atoms with E-state index in [-0.39, 0.29) is 28.7 Å². The molecular formula is C11H6O6. The van der Waals surface area contributed by atoms with Gasteiger partial charge < -0.3 is 14.6 Å². The molecule has 0 aromatic rings. The van der Waals surface area contributed by atoms with Gasteiger partial charge in [-0.3, -0.25) is 0 Å². The zero-order chi connectivity index (χ0) is 12.2. The minimum absolute atomic E-state index is 0.0774. The van der Waals surface area contributed by atoms with E-state index < -0.39 is 24.2 Å². The maximum atomic E-state index is 11.4.